The maximum atomic E-state index is 14.6. The molecule has 2 aromatic carbocycles. The summed E-state index contributed by atoms with van der Waals surface area (Å²) in [6.45, 7) is 5.50. The molecule has 0 saturated carbocycles. The lowest BCUT2D eigenvalue weighted by Crippen LogP contribution is -2.46. The first-order valence-corrected chi connectivity index (χ1v) is 10.6. The average molecular weight is 445 g/mol. The summed E-state index contributed by atoms with van der Waals surface area (Å²) in [4.78, 5) is 13.0. The molecule has 0 bridgehead atoms. The van der Waals surface area contributed by atoms with Crippen molar-refractivity contribution in [3.05, 3.63) is 70.4 Å². The van der Waals surface area contributed by atoms with E-state index in [1.807, 2.05) is 5.01 Å². The van der Waals surface area contributed by atoms with Crippen LogP contribution in [-0.4, -0.2) is 33.8 Å². The molecule has 3 aromatic rings. The molecule has 0 spiro atoms. The number of hydrogen-bond donors (Lipinski definition) is 1. The Labute approximate surface area is 184 Å². The maximum absolute atomic E-state index is 14.6. The number of aromatic nitrogens is 2. The van der Waals surface area contributed by atoms with Crippen LogP contribution in [0.3, 0.4) is 0 Å². The summed E-state index contributed by atoms with van der Waals surface area (Å²) in [5, 5.41) is 6.88. The van der Waals surface area contributed by atoms with E-state index in [0.717, 1.165) is 38.1 Å². The standard InChI is InChI=1S/C23H23ClF2N4O/c1-14-9-11-29(12-10-14)28-23(31)21-15(2)22(16-3-5-17(24)6-4-16)30(27-21)20-8-7-18(25)13-19(20)26/h3-8,13-14H,9-12H2,1-2H3,(H,28,31). The van der Waals surface area contributed by atoms with Gasteiger partial charge >= 0.3 is 0 Å². The van der Waals surface area contributed by atoms with Gasteiger partial charge in [-0.05, 0) is 49.9 Å². The van der Waals surface area contributed by atoms with Crippen LogP contribution in [0.15, 0.2) is 42.5 Å². The Hall–Kier alpha value is -2.77. The zero-order chi connectivity index (χ0) is 22.1. The predicted molar refractivity (Wildman–Crippen MR) is 116 cm³/mol. The summed E-state index contributed by atoms with van der Waals surface area (Å²) in [5.74, 6) is -1.18. The third-order valence-electron chi connectivity index (χ3n) is 5.64. The minimum Gasteiger partial charge on any atom is -0.283 e. The molecule has 31 heavy (non-hydrogen) atoms. The average Bonchev–Trinajstić information content (AvgIpc) is 3.07. The van der Waals surface area contributed by atoms with E-state index in [9.17, 15) is 13.6 Å². The molecule has 0 unspecified atom stereocenters. The fourth-order valence-electron chi connectivity index (χ4n) is 3.80. The molecule has 0 atom stereocenters. The fraction of sp³-hybridized carbons (Fsp3) is 0.304. The molecular formula is C23H23ClF2N4O. The molecule has 1 aromatic heterocycles. The summed E-state index contributed by atoms with van der Waals surface area (Å²) < 4.78 is 29.4. The number of amides is 1. The SMILES string of the molecule is Cc1c(C(=O)NN2CCC(C)CC2)nn(-c2ccc(F)cc2F)c1-c1ccc(Cl)cc1. The van der Waals surface area contributed by atoms with Crippen molar-refractivity contribution in [3.63, 3.8) is 0 Å². The second-order valence-corrected chi connectivity index (χ2v) is 8.38. The van der Waals surface area contributed by atoms with E-state index in [4.69, 9.17) is 11.6 Å². The topological polar surface area (TPSA) is 50.2 Å². The zero-order valence-corrected chi connectivity index (χ0v) is 18.1. The lowest BCUT2D eigenvalue weighted by atomic mass is 10.0. The minimum atomic E-state index is -0.769. The highest BCUT2D eigenvalue weighted by Crippen LogP contribution is 2.31. The molecule has 1 amide bonds. The van der Waals surface area contributed by atoms with Crippen LogP contribution in [0, 0.1) is 24.5 Å². The highest BCUT2D eigenvalue weighted by Gasteiger charge is 2.25. The van der Waals surface area contributed by atoms with Gasteiger partial charge in [0.25, 0.3) is 5.91 Å². The molecule has 0 aliphatic carbocycles. The number of hydrazine groups is 1. The van der Waals surface area contributed by atoms with Crippen molar-refractivity contribution in [2.75, 3.05) is 13.1 Å². The van der Waals surface area contributed by atoms with Gasteiger partial charge in [0.05, 0.1) is 5.69 Å². The van der Waals surface area contributed by atoms with E-state index < -0.39 is 11.6 Å². The highest BCUT2D eigenvalue weighted by atomic mass is 35.5. The number of halogens is 3. The number of hydrogen-bond acceptors (Lipinski definition) is 3. The van der Waals surface area contributed by atoms with Crippen LogP contribution in [0.1, 0.15) is 35.8 Å². The van der Waals surface area contributed by atoms with E-state index in [-0.39, 0.29) is 17.3 Å². The lowest BCUT2D eigenvalue weighted by Gasteiger charge is -2.30. The Morgan fingerprint density at radius 3 is 2.45 bits per heavy atom. The van der Waals surface area contributed by atoms with Crippen molar-refractivity contribution in [2.24, 2.45) is 5.92 Å². The Kier molecular flexibility index (Phi) is 6.07. The number of piperidine rings is 1. The van der Waals surface area contributed by atoms with Gasteiger partial charge in [-0.2, -0.15) is 5.10 Å². The van der Waals surface area contributed by atoms with E-state index in [2.05, 4.69) is 17.4 Å². The summed E-state index contributed by atoms with van der Waals surface area (Å²) in [5.41, 5.74) is 5.00. The molecule has 8 heteroatoms. The Morgan fingerprint density at radius 1 is 1.13 bits per heavy atom. The molecule has 162 valence electrons. The summed E-state index contributed by atoms with van der Waals surface area (Å²) in [7, 11) is 0. The molecule has 1 saturated heterocycles. The predicted octanol–water partition coefficient (Wildman–Crippen LogP) is 5.16. The number of carbonyl (C=O) groups excluding carboxylic acids is 1. The molecular weight excluding hydrogens is 422 g/mol. The van der Waals surface area contributed by atoms with E-state index >= 15 is 0 Å². The molecule has 0 radical (unpaired) electrons. The van der Waals surface area contributed by atoms with Crippen molar-refractivity contribution >= 4 is 17.5 Å². The fourth-order valence-corrected chi connectivity index (χ4v) is 3.93. The first kappa shape index (κ1) is 21.5. The van der Waals surface area contributed by atoms with E-state index in [1.165, 1.54) is 10.7 Å². The Bertz CT molecular complexity index is 1110. The third kappa shape index (κ3) is 4.48. The second kappa shape index (κ2) is 8.77. The van der Waals surface area contributed by atoms with E-state index in [0.29, 0.717) is 27.8 Å². The minimum absolute atomic E-state index is 0.0558. The molecule has 1 aliphatic rings. The zero-order valence-electron chi connectivity index (χ0n) is 17.3. The van der Waals surface area contributed by atoms with Crippen molar-refractivity contribution in [1.82, 2.24) is 20.2 Å². The highest BCUT2D eigenvalue weighted by molar-refractivity contribution is 6.30. The second-order valence-electron chi connectivity index (χ2n) is 7.95. The summed E-state index contributed by atoms with van der Waals surface area (Å²) in [6.07, 6.45) is 2.01. The van der Waals surface area contributed by atoms with Crippen LogP contribution < -0.4 is 5.43 Å². The Morgan fingerprint density at radius 2 is 1.81 bits per heavy atom. The van der Waals surface area contributed by atoms with Crippen LogP contribution in [0.25, 0.3) is 16.9 Å². The van der Waals surface area contributed by atoms with Crippen molar-refractivity contribution < 1.29 is 13.6 Å². The smallest absolute Gasteiger partial charge is 0.283 e. The van der Waals surface area contributed by atoms with Crippen LogP contribution in [-0.2, 0) is 0 Å². The van der Waals surface area contributed by atoms with Gasteiger partial charge in [0.1, 0.15) is 11.5 Å². The first-order valence-electron chi connectivity index (χ1n) is 10.2. The van der Waals surface area contributed by atoms with Gasteiger partial charge in [-0.15, -0.1) is 0 Å². The van der Waals surface area contributed by atoms with Crippen molar-refractivity contribution in [2.45, 2.75) is 26.7 Å². The molecule has 1 N–H and O–H groups in total. The molecule has 4 rings (SSSR count). The quantitative estimate of drug-likeness (QED) is 0.605. The van der Waals surface area contributed by atoms with Gasteiger partial charge < -0.3 is 0 Å². The maximum Gasteiger partial charge on any atom is 0.286 e. The number of rotatable bonds is 4. The third-order valence-corrected chi connectivity index (χ3v) is 5.89. The number of nitrogens with one attached hydrogen (secondary N) is 1. The normalized spacial score (nSPS) is 15.3. The number of benzene rings is 2. The van der Waals surface area contributed by atoms with Gasteiger partial charge in [0, 0.05) is 35.3 Å². The monoisotopic (exact) mass is 444 g/mol. The number of carbonyl (C=O) groups is 1. The lowest BCUT2D eigenvalue weighted by molar-refractivity contribution is 0.0705. The van der Waals surface area contributed by atoms with Gasteiger partial charge in [-0.25, -0.2) is 18.5 Å². The summed E-state index contributed by atoms with van der Waals surface area (Å²) >= 11 is 6.02. The molecule has 1 fully saturated rings. The molecule has 5 nitrogen and oxygen atoms in total. The Balaban J connectivity index is 1.76. The van der Waals surface area contributed by atoms with Gasteiger partial charge in [0.2, 0.25) is 0 Å². The number of nitrogens with zero attached hydrogens (tertiary/aromatic N) is 3. The summed E-state index contributed by atoms with van der Waals surface area (Å²) in [6, 6.07) is 10.2. The van der Waals surface area contributed by atoms with Gasteiger partial charge in [0.15, 0.2) is 11.5 Å². The van der Waals surface area contributed by atoms with Crippen LogP contribution in [0.5, 0.6) is 0 Å². The van der Waals surface area contributed by atoms with Crippen molar-refractivity contribution in [3.8, 4) is 16.9 Å². The van der Waals surface area contributed by atoms with Crippen LogP contribution in [0.4, 0.5) is 8.78 Å². The van der Waals surface area contributed by atoms with E-state index in [1.54, 1.807) is 31.2 Å². The van der Waals surface area contributed by atoms with Gasteiger partial charge in [-0.3, -0.25) is 10.2 Å². The molecule has 2 heterocycles. The largest absolute Gasteiger partial charge is 0.286 e. The van der Waals surface area contributed by atoms with Crippen LogP contribution >= 0.6 is 11.6 Å². The van der Waals surface area contributed by atoms with Crippen molar-refractivity contribution in [1.29, 1.82) is 0 Å². The van der Waals surface area contributed by atoms with Crippen LogP contribution in [0.2, 0.25) is 5.02 Å². The molecule has 1 aliphatic heterocycles. The first-order chi connectivity index (χ1) is 14.8. The van der Waals surface area contributed by atoms with Gasteiger partial charge in [-0.1, -0.05) is 30.7 Å².